The number of benzene rings is 1. The molecule has 0 radical (unpaired) electrons. The normalized spacial score (nSPS) is 10.9. The molecule has 2 N–H and O–H groups in total. The third-order valence-corrected chi connectivity index (χ3v) is 3.76. The Balaban J connectivity index is 2.07. The van der Waals surface area contributed by atoms with E-state index < -0.39 is 0 Å². The van der Waals surface area contributed by atoms with E-state index >= 15 is 0 Å². The van der Waals surface area contributed by atoms with Crippen molar-refractivity contribution in [1.29, 1.82) is 0 Å². The van der Waals surface area contributed by atoms with Crippen LogP contribution >= 0.6 is 45.8 Å². The van der Waals surface area contributed by atoms with E-state index in [1.165, 1.54) is 0 Å². The quantitative estimate of drug-likeness (QED) is 0.499. The molecule has 19 heavy (non-hydrogen) atoms. The minimum Gasteiger partial charge on any atom is -0.339 e. The van der Waals surface area contributed by atoms with Gasteiger partial charge in [-0.2, -0.15) is 15.1 Å². The zero-order valence-electron chi connectivity index (χ0n) is 9.28. The average molecular weight is 406 g/mol. The molecule has 0 aliphatic carbocycles. The molecular weight excluding hydrogens is 400 g/mol. The summed E-state index contributed by atoms with van der Waals surface area (Å²) >= 11 is 14.0. The van der Waals surface area contributed by atoms with Crippen molar-refractivity contribution in [2.75, 3.05) is 5.32 Å². The topological polar surface area (TPSA) is 66.5 Å². The molecule has 0 saturated carbocycles. The minimum atomic E-state index is 0.156. The van der Waals surface area contributed by atoms with Crippen LogP contribution in [0, 0.1) is 3.57 Å². The van der Waals surface area contributed by atoms with E-state index in [0.717, 1.165) is 14.6 Å². The summed E-state index contributed by atoms with van der Waals surface area (Å²) in [5.41, 5.74) is 1.48. The van der Waals surface area contributed by atoms with Gasteiger partial charge in [0.2, 0.25) is 5.28 Å². The van der Waals surface area contributed by atoms with Gasteiger partial charge >= 0.3 is 0 Å². The van der Waals surface area contributed by atoms with Gasteiger partial charge in [-0.1, -0.05) is 11.6 Å². The average Bonchev–Trinajstić information content (AvgIpc) is 2.80. The Labute approximate surface area is 131 Å². The van der Waals surface area contributed by atoms with Crippen LogP contribution in [0.5, 0.6) is 0 Å². The van der Waals surface area contributed by atoms with E-state index in [4.69, 9.17) is 23.2 Å². The van der Waals surface area contributed by atoms with Crippen LogP contribution in [-0.2, 0) is 0 Å². The second-order valence-electron chi connectivity index (χ2n) is 3.72. The highest BCUT2D eigenvalue weighted by Crippen LogP contribution is 2.28. The summed E-state index contributed by atoms with van der Waals surface area (Å²) in [6, 6.07) is 5.55. The Morgan fingerprint density at radius 2 is 2.05 bits per heavy atom. The summed E-state index contributed by atoms with van der Waals surface area (Å²) < 4.78 is 0.983. The van der Waals surface area contributed by atoms with E-state index in [0.29, 0.717) is 16.5 Å². The first-order valence-corrected chi connectivity index (χ1v) is 7.05. The van der Waals surface area contributed by atoms with E-state index in [1.807, 2.05) is 12.1 Å². The number of hydrogen-bond donors (Lipinski definition) is 2. The van der Waals surface area contributed by atoms with E-state index in [9.17, 15) is 0 Å². The van der Waals surface area contributed by atoms with Gasteiger partial charge in [-0.15, -0.1) is 0 Å². The van der Waals surface area contributed by atoms with E-state index in [1.54, 1.807) is 12.3 Å². The zero-order chi connectivity index (χ0) is 13.4. The van der Waals surface area contributed by atoms with Crippen molar-refractivity contribution in [2.45, 2.75) is 0 Å². The number of H-pyrrole nitrogens is 1. The molecule has 0 fully saturated rings. The molecule has 5 nitrogen and oxygen atoms in total. The molecule has 2 heterocycles. The number of halogens is 3. The lowest BCUT2D eigenvalue weighted by atomic mass is 10.3. The predicted octanol–water partition coefficient (Wildman–Crippen LogP) is 4.01. The fourth-order valence-electron chi connectivity index (χ4n) is 1.62. The zero-order valence-corrected chi connectivity index (χ0v) is 13.0. The summed E-state index contributed by atoms with van der Waals surface area (Å²) in [5.74, 6) is 0.601. The number of fused-ring (bicyclic) bond motifs is 1. The van der Waals surface area contributed by atoms with Gasteiger partial charge in [-0.25, -0.2) is 0 Å². The second kappa shape index (κ2) is 5.10. The number of nitrogens with zero attached hydrogens (tertiary/aromatic N) is 3. The van der Waals surface area contributed by atoms with Gasteiger partial charge in [0.05, 0.1) is 17.3 Å². The molecule has 0 bridgehead atoms. The molecule has 3 aromatic rings. The fourth-order valence-corrected chi connectivity index (χ4v) is 2.80. The van der Waals surface area contributed by atoms with Gasteiger partial charge in [-0.3, -0.25) is 5.10 Å². The first-order valence-electron chi connectivity index (χ1n) is 5.22. The molecule has 1 aromatic carbocycles. The molecule has 8 heteroatoms. The smallest absolute Gasteiger partial charge is 0.226 e. The van der Waals surface area contributed by atoms with Crippen molar-refractivity contribution in [3.63, 3.8) is 0 Å². The van der Waals surface area contributed by atoms with Crippen molar-refractivity contribution < 1.29 is 0 Å². The Bertz CT molecular complexity index is 758. The van der Waals surface area contributed by atoms with Crippen LogP contribution in [0.3, 0.4) is 0 Å². The molecule has 0 aliphatic rings. The highest BCUT2D eigenvalue weighted by molar-refractivity contribution is 14.1. The first kappa shape index (κ1) is 12.9. The van der Waals surface area contributed by atoms with Crippen molar-refractivity contribution in [3.05, 3.63) is 38.3 Å². The molecule has 0 amide bonds. The molecule has 0 atom stereocenters. The van der Waals surface area contributed by atoms with Crippen molar-refractivity contribution in [3.8, 4) is 0 Å². The number of hydrogen-bond acceptors (Lipinski definition) is 4. The number of anilines is 2. The monoisotopic (exact) mass is 405 g/mol. The maximum absolute atomic E-state index is 5.93. The summed E-state index contributed by atoms with van der Waals surface area (Å²) in [7, 11) is 0. The number of nitrogens with one attached hydrogen (secondary N) is 2. The van der Waals surface area contributed by atoms with Gasteiger partial charge in [0.1, 0.15) is 5.82 Å². The lowest BCUT2D eigenvalue weighted by Gasteiger charge is -2.09. The summed E-state index contributed by atoms with van der Waals surface area (Å²) in [6.45, 7) is 0. The Morgan fingerprint density at radius 3 is 2.84 bits per heavy atom. The number of aromatic nitrogens is 4. The van der Waals surface area contributed by atoms with Gasteiger partial charge < -0.3 is 5.32 Å². The fraction of sp³-hybridized carbons (Fsp3) is 0. The van der Waals surface area contributed by atoms with Crippen molar-refractivity contribution >= 4 is 68.3 Å². The Morgan fingerprint density at radius 1 is 1.21 bits per heavy atom. The van der Waals surface area contributed by atoms with Crippen molar-refractivity contribution in [1.82, 2.24) is 20.2 Å². The Hall–Kier alpha value is -1.12. The molecule has 3 rings (SSSR count). The summed E-state index contributed by atoms with van der Waals surface area (Å²) in [6.07, 6.45) is 1.65. The lowest BCUT2D eigenvalue weighted by molar-refractivity contribution is 1.09. The first-order chi connectivity index (χ1) is 9.13. The number of aromatic amines is 1. The second-order valence-corrected chi connectivity index (χ2v) is 5.66. The van der Waals surface area contributed by atoms with Crippen LogP contribution in [0.1, 0.15) is 0 Å². The highest BCUT2D eigenvalue weighted by Gasteiger charge is 2.10. The number of rotatable bonds is 2. The van der Waals surface area contributed by atoms with E-state index in [2.05, 4.69) is 48.1 Å². The SMILES string of the molecule is Clc1ccc(Nc2nc(Cl)nc3[nH]ncc23)c(I)c1. The molecule has 0 saturated heterocycles. The van der Waals surface area contributed by atoms with Crippen molar-refractivity contribution in [2.24, 2.45) is 0 Å². The molecule has 2 aromatic heterocycles. The standard InChI is InChI=1S/C11H6Cl2IN5/c12-5-1-2-8(7(14)3-5)16-9-6-4-15-19-10(6)18-11(13)17-9/h1-4H,(H2,15,16,17,18,19). The van der Waals surface area contributed by atoms with Crippen LogP contribution in [0.15, 0.2) is 24.4 Å². The minimum absolute atomic E-state index is 0.156. The largest absolute Gasteiger partial charge is 0.339 e. The van der Waals surface area contributed by atoms with Gasteiger partial charge in [0.25, 0.3) is 0 Å². The summed E-state index contributed by atoms with van der Waals surface area (Å²) in [5, 5.41) is 11.5. The van der Waals surface area contributed by atoms with Gasteiger partial charge in [0.15, 0.2) is 5.65 Å². The summed E-state index contributed by atoms with van der Waals surface area (Å²) in [4.78, 5) is 8.23. The van der Waals surface area contributed by atoms with Crippen LogP contribution in [0.4, 0.5) is 11.5 Å². The molecule has 0 spiro atoms. The highest BCUT2D eigenvalue weighted by atomic mass is 127. The third-order valence-electron chi connectivity index (χ3n) is 2.47. The Kier molecular flexibility index (Phi) is 3.46. The predicted molar refractivity (Wildman–Crippen MR) is 84.1 cm³/mol. The third kappa shape index (κ3) is 2.60. The van der Waals surface area contributed by atoms with Crippen LogP contribution in [-0.4, -0.2) is 20.2 Å². The molecule has 96 valence electrons. The van der Waals surface area contributed by atoms with Crippen LogP contribution in [0.2, 0.25) is 10.3 Å². The molecular formula is C11H6Cl2IN5. The van der Waals surface area contributed by atoms with Gasteiger partial charge in [0, 0.05) is 8.59 Å². The lowest BCUT2D eigenvalue weighted by Crippen LogP contribution is -1.98. The van der Waals surface area contributed by atoms with Crippen LogP contribution in [0.25, 0.3) is 11.0 Å². The van der Waals surface area contributed by atoms with E-state index in [-0.39, 0.29) is 5.28 Å². The van der Waals surface area contributed by atoms with Crippen LogP contribution < -0.4 is 5.32 Å². The molecule has 0 unspecified atom stereocenters. The molecule has 0 aliphatic heterocycles. The van der Waals surface area contributed by atoms with Gasteiger partial charge in [-0.05, 0) is 52.4 Å². The maximum Gasteiger partial charge on any atom is 0.226 e. The maximum atomic E-state index is 5.93.